The van der Waals surface area contributed by atoms with E-state index in [9.17, 15) is 0 Å². The summed E-state index contributed by atoms with van der Waals surface area (Å²) in [4.78, 5) is 2.17. The fourth-order valence-electron chi connectivity index (χ4n) is 1.83. The molecule has 0 spiro atoms. The highest BCUT2D eigenvalue weighted by atomic mass is 16.5. The Hall–Kier alpha value is -1.06. The van der Waals surface area contributed by atoms with Crippen molar-refractivity contribution in [1.29, 1.82) is 0 Å². The van der Waals surface area contributed by atoms with E-state index in [-0.39, 0.29) is 0 Å². The van der Waals surface area contributed by atoms with Crippen LogP contribution in [-0.4, -0.2) is 38.2 Å². The van der Waals surface area contributed by atoms with Crippen LogP contribution >= 0.6 is 0 Å². The van der Waals surface area contributed by atoms with Crippen molar-refractivity contribution in [1.82, 2.24) is 10.2 Å². The average Bonchev–Trinajstić information content (AvgIpc) is 2.12. The van der Waals surface area contributed by atoms with E-state index < -0.39 is 0 Å². The van der Waals surface area contributed by atoms with E-state index >= 15 is 0 Å². The molecule has 1 heterocycles. The summed E-state index contributed by atoms with van der Waals surface area (Å²) in [5, 5.41) is 3.21. The molecule has 0 amide bonds. The molecule has 2 rings (SSSR count). The molecule has 1 aromatic carbocycles. The molecule has 3 nitrogen and oxygen atoms in total. The van der Waals surface area contributed by atoms with Gasteiger partial charge in [-0.05, 0) is 38.2 Å². The molecule has 0 radical (unpaired) electrons. The van der Waals surface area contributed by atoms with E-state index in [4.69, 9.17) is 4.74 Å². The largest absolute Gasteiger partial charge is 0.487 e. The zero-order chi connectivity index (χ0) is 11.5. The van der Waals surface area contributed by atoms with Crippen LogP contribution in [0.2, 0.25) is 0 Å². The second-order valence-corrected chi connectivity index (χ2v) is 4.74. The van der Waals surface area contributed by atoms with Gasteiger partial charge in [-0.15, -0.1) is 0 Å². The predicted octanol–water partition coefficient (Wildman–Crippen LogP) is 1.41. The van der Waals surface area contributed by atoms with Crippen LogP contribution in [0, 0.1) is 6.92 Å². The first-order chi connectivity index (χ1) is 7.65. The van der Waals surface area contributed by atoms with Gasteiger partial charge in [0.05, 0.1) is 0 Å². The lowest BCUT2D eigenvalue weighted by atomic mass is 10.1. The SMILES string of the molecule is Cc1cc(CN(C)C)ccc1OC1CNC1. The Bertz CT molecular complexity index is 359. The maximum absolute atomic E-state index is 5.86. The Balaban J connectivity index is 2.03. The standard InChI is InChI=1S/C13H20N2O/c1-10-6-11(9-15(2)3)4-5-13(10)16-12-7-14-8-12/h4-6,12,14H,7-9H2,1-3H3. The van der Waals surface area contributed by atoms with Gasteiger partial charge >= 0.3 is 0 Å². The Morgan fingerprint density at radius 1 is 1.38 bits per heavy atom. The Morgan fingerprint density at radius 3 is 2.62 bits per heavy atom. The number of rotatable bonds is 4. The highest BCUT2D eigenvalue weighted by molar-refractivity contribution is 5.36. The van der Waals surface area contributed by atoms with E-state index in [1.54, 1.807) is 0 Å². The third-order valence-corrected chi connectivity index (χ3v) is 2.78. The van der Waals surface area contributed by atoms with Crippen LogP contribution in [0.15, 0.2) is 18.2 Å². The fourth-order valence-corrected chi connectivity index (χ4v) is 1.83. The maximum atomic E-state index is 5.86. The lowest BCUT2D eigenvalue weighted by molar-refractivity contribution is 0.141. The maximum Gasteiger partial charge on any atom is 0.123 e. The van der Waals surface area contributed by atoms with Gasteiger partial charge in [-0.1, -0.05) is 12.1 Å². The number of ether oxygens (including phenoxy) is 1. The van der Waals surface area contributed by atoms with Crippen molar-refractivity contribution in [2.45, 2.75) is 19.6 Å². The van der Waals surface area contributed by atoms with Crippen LogP contribution in [0.4, 0.5) is 0 Å². The van der Waals surface area contributed by atoms with Crippen molar-refractivity contribution < 1.29 is 4.74 Å². The molecule has 0 bridgehead atoms. The molecule has 3 heteroatoms. The Kier molecular flexibility index (Phi) is 3.46. The molecule has 0 aliphatic carbocycles. The molecule has 0 atom stereocenters. The Labute approximate surface area is 97.4 Å². The first-order valence-corrected chi connectivity index (χ1v) is 5.77. The predicted molar refractivity (Wildman–Crippen MR) is 65.9 cm³/mol. The van der Waals surface area contributed by atoms with Crippen molar-refractivity contribution >= 4 is 0 Å². The van der Waals surface area contributed by atoms with Crippen molar-refractivity contribution in [3.8, 4) is 5.75 Å². The first-order valence-electron chi connectivity index (χ1n) is 5.77. The second-order valence-electron chi connectivity index (χ2n) is 4.74. The van der Waals surface area contributed by atoms with Crippen molar-refractivity contribution in [2.24, 2.45) is 0 Å². The minimum absolute atomic E-state index is 0.360. The summed E-state index contributed by atoms with van der Waals surface area (Å²) in [6, 6.07) is 6.45. The van der Waals surface area contributed by atoms with Crippen LogP contribution in [0.25, 0.3) is 0 Å². The molecule has 0 saturated carbocycles. The normalized spacial score (nSPS) is 16.2. The fraction of sp³-hybridized carbons (Fsp3) is 0.538. The molecule has 0 aromatic heterocycles. The number of hydrogen-bond acceptors (Lipinski definition) is 3. The summed E-state index contributed by atoms with van der Waals surface area (Å²) in [5.74, 6) is 1.02. The highest BCUT2D eigenvalue weighted by Gasteiger charge is 2.18. The molecule has 88 valence electrons. The van der Waals surface area contributed by atoms with E-state index in [0.29, 0.717) is 6.10 Å². The number of aryl methyl sites for hydroxylation is 1. The van der Waals surface area contributed by atoms with Gasteiger partial charge < -0.3 is 15.0 Å². The summed E-state index contributed by atoms with van der Waals surface area (Å²) >= 11 is 0. The van der Waals surface area contributed by atoms with E-state index in [1.807, 2.05) is 0 Å². The van der Waals surface area contributed by atoms with Crippen LogP contribution in [0.3, 0.4) is 0 Å². The molecule has 1 aliphatic rings. The van der Waals surface area contributed by atoms with Crippen molar-refractivity contribution in [3.05, 3.63) is 29.3 Å². The van der Waals surface area contributed by atoms with Gasteiger partial charge in [0.25, 0.3) is 0 Å². The molecule has 1 saturated heterocycles. The van der Waals surface area contributed by atoms with Crippen LogP contribution in [-0.2, 0) is 6.54 Å². The number of nitrogens with one attached hydrogen (secondary N) is 1. The van der Waals surface area contributed by atoms with E-state index in [1.165, 1.54) is 11.1 Å². The van der Waals surface area contributed by atoms with Gasteiger partial charge in [0.15, 0.2) is 0 Å². The molecule has 1 aliphatic heterocycles. The summed E-state index contributed by atoms with van der Waals surface area (Å²) < 4.78 is 5.86. The number of hydrogen-bond donors (Lipinski definition) is 1. The first kappa shape index (κ1) is 11.4. The van der Waals surface area contributed by atoms with Crippen LogP contribution in [0.5, 0.6) is 5.75 Å². The second kappa shape index (κ2) is 4.85. The minimum atomic E-state index is 0.360. The molecule has 0 unspecified atom stereocenters. The van der Waals surface area contributed by atoms with Gasteiger partial charge in [0.2, 0.25) is 0 Å². The minimum Gasteiger partial charge on any atom is -0.487 e. The summed E-state index contributed by atoms with van der Waals surface area (Å²) in [6.45, 7) is 5.03. The average molecular weight is 220 g/mol. The molecular formula is C13H20N2O. The lowest BCUT2D eigenvalue weighted by Gasteiger charge is -2.28. The van der Waals surface area contributed by atoms with Crippen LogP contribution in [0.1, 0.15) is 11.1 Å². The van der Waals surface area contributed by atoms with E-state index in [2.05, 4.69) is 49.4 Å². The van der Waals surface area contributed by atoms with Gasteiger partial charge in [-0.3, -0.25) is 0 Å². The van der Waals surface area contributed by atoms with Gasteiger partial charge in [-0.2, -0.15) is 0 Å². The van der Waals surface area contributed by atoms with Gasteiger partial charge in [-0.25, -0.2) is 0 Å². The molecular weight excluding hydrogens is 200 g/mol. The summed E-state index contributed by atoms with van der Waals surface area (Å²) in [7, 11) is 4.17. The number of nitrogens with zero attached hydrogens (tertiary/aromatic N) is 1. The zero-order valence-electron chi connectivity index (χ0n) is 10.3. The third-order valence-electron chi connectivity index (χ3n) is 2.78. The molecule has 1 fully saturated rings. The lowest BCUT2D eigenvalue weighted by Crippen LogP contribution is -2.50. The van der Waals surface area contributed by atoms with Gasteiger partial charge in [0, 0.05) is 19.6 Å². The molecule has 1 aromatic rings. The quantitative estimate of drug-likeness (QED) is 0.830. The Morgan fingerprint density at radius 2 is 2.12 bits per heavy atom. The van der Waals surface area contributed by atoms with E-state index in [0.717, 1.165) is 25.4 Å². The molecule has 16 heavy (non-hydrogen) atoms. The third kappa shape index (κ3) is 2.74. The van der Waals surface area contributed by atoms with Crippen molar-refractivity contribution in [2.75, 3.05) is 27.2 Å². The summed E-state index contributed by atoms with van der Waals surface area (Å²) in [6.07, 6.45) is 0.360. The number of benzene rings is 1. The van der Waals surface area contributed by atoms with Crippen LogP contribution < -0.4 is 10.1 Å². The van der Waals surface area contributed by atoms with Gasteiger partial charge in [0.1, 0.15) is 11.9 Å². The molecule has 1 N–H and O–H groups in total. The smallest absolute Gasteiger partial charge is 0.123 e. The monoisotopic (exact) mass is 220 g/mol. The highest BCUT2D eigenvalue weighted by Crippen LogP contribution is 2.21. The topological polar surface area (TPSA) is 24.5 Å². The summed E-state index contributed by atoms with van der Waals surface area (Å²) in [5.41, 5.74) is 2.56. The zero-order valence-corrected chi connectivity index (χ0v) is 10.3. The van der Waals surface area contributed by atoms with Crippen molar-refractivity contribution in [3.63, 3.8) is 0 Å².